The Morgan fingerprint density at radius 3 is 2.64 bits per heavy atom. The van der Waals surface area contributed by atoms with Crippen LogP contribution in [0.5, 0.6) is 5.75 Å². The van der Waals surface area contributed by atoms with Gasteiger partial charge in [-0.2, -0.15) is 0 Å². The predicted octanol–water partition coefficient (Wildman–Crippen LogP) is 3.78. The average Bonchev–Trinajstić information content (AvgIpc) is 3.03. The van der Waals surface area contributed by atoms with Gasteiger partial charge in [-0.15, -0.1) is 11.3 Å². The molecule has 28 heavy (non-hydrogen) atoms. The lowest BCUT2D eigenvalue weighted by Crippen LogP contribution is -2.44. The molecule has 2 atom stereocenters. The van der Waals surface area contributed by atoms with E-state index in [1.807, 2.05) is 37.4 Å². The zero-order valence-corrected chi connectivity index (χ0v) is 17.8. The van der Waals surface area contributed by atoms with E-state index in [1.165, 1.54) is 11.3 Å². The van der Waals surface area contributed by atoms with E-state index in [-0.39, 0.29) is 18.1 Å². The van der Waals surface area contributed by atoms with E-state index in [2.05, 4.69) is 29.0 Å². The van der Waals surface area contributed by atoms with Crippen LogP contribution >= 0.6 is 11.3 Å². The number of rotatable bonds is 7. The number of anilines is 1. The normalized spacial score (nSPS) is 20.1. The van der Waals surface area contributed by atoms with Crippen molar-refractivity contribution in [3.63, 3.8) is 0 Å². The minimum absolute atomic E-state index is 0.0826. The quantitative estimate of drug-likeness (QED) is 0.762. The molecule has 0 saturated carbocycles. The highest BCUT2D eigenvalue weighted by molar-refractivity contribution is 7.13. The Bertz CT molecular complexity index is 778. The summed E-state index contributed by atoms with van der Waals surface area (Å²) in [5, 5.41) is 5.53. The summed E-state index contributed by atoms with van der Waals surface area (Å²) in [6, 6.07) is 6.02. The van der Waals surface area contributed by atoms with Gasteiger partial charge >= 0.3 is 0 Å². The summed E-state index contributed by atoms with van der Waals surface area (Å²) in [5.74, 6) is 0.779. The molecule has 1 N–H and O–H groups in total. The smallest absolute Gasteiger partial charge is 0.229 e. The molecule has 1 aliphatic rings. The van der Waals surface area contributed by atoms with Gasteiger partial charge in [0.25, 0.3) is 0 Å². The van der Waals surface area contributed by atoms with Crippen molar-refractivity contribution in [3.8, 4) is 5.75 Å². The van der Waals surface area contributed by atoms with Crippen molar-refractivity contribution in [2.45, 2.75) is 52.9 Å². The summed E-state index contributed by atoms with van der Waals surface area (Å²) in [5.41, 5.74) is 3.14. The molecule has 152 valence electrons. The van der Waals surface area contributed by atoms with Gasteiger partial charge in [-0.05, 0) is 38.8 Å². The fraction of sp³-hybridized carbons (Fsp3) is 0.524. The number of hydrogen-bond donors (Lipinski definition) is 1. The minimum atomic E-state index is -0.0826. The molecular formula is C21H29N3O3S. The Morgan fingerprint density at radius 2 is 1.96 bits per heavy atom. The number of thiazole rings is 1. The molecule has 0 spiro atoms. The number of carbonyl (C=O) groups excluding carboxylic acids is 1. The number of hydrogen-bond acceptors (Lipinski definition) is 6. The van der Waals surface area contributed by atoms with Crippen LogP contribution in [0.1, 0.15) is 37.1 Å². The predicted molar refractivity (Wildman–Crippen MR) is 112 cm³/mol. The van der Waals surface area contributed by atoms with Crippen molar-refractivity contribution in [1.29, 1.82) is 0 Å². The fourth-order valence-corrected chi connectivity index (χ4v) is 4.25. The van der Waals surface area contributed by atoms with E-state index in [4.69, 9.17) is 9.47 Å². The highest BCUT2D eigenvalue weighted by Crippen LogP contribution is 2.23. The molecule has 2 heterocycles. The van der Waals surface area contributed by atoms with E-state index in [1.54, 1.807) is 0 Å². The van der Waals surface area contributed by atoms with Crippen LogP contribution in [-0.2, 0) is 16.1 Å². The van der Waals surface area contributed by atoms with Crippen molar-refractivity contribution in [1.82, 2.24) is 9.88 Å². The van der Waals surface area contributed by atoms with Gasteiger partial charge in [0.05, 0.1) is 30.9 Å². The van der Waals surface area contributed by atoms with Gasteiger partial charge in [-0.25, -0.2) is 4.98 Å². The number of aryl methyl sites for hydroxylation is 2. The zero-order valence-electron chi connectivity index (χ0n) is 17.0. The van der Waals surface area contributed by atoms with E-state index in [0.717, 1.165) is 42.2 Å². The summed E-state index contributed by atoms with van der Waals surface area (Å²) in [6.07, 6.45) is 0.762. The van der Waals surface area contributed by atoms with Crippen LogP contribution in [0, 0.1) is 13.8 Å². The number of morpholine rings is 1. The third kappa shape index (κ3) is 5.77. The van der Waals surface area contributed by atoms with Crippen molar-refractivity contribution < 1.29 is 14.3 Å². The summed E-state index contributed by atoms with van der Waals surface area (Å²) in [4.78, 5) is 19.1. The Balaban J connectivity index is 1.45. The molecule has 1 saturated heterocycles. The lowest BCUT2D eigenvalue weighted by atomic mass is 10.1. The molecule has 1 fully saturated rings. The molecule has 3 rings (SSSR count). The molecular weight excluding hydrogens is 374 g/mol. The summed E-state index contributed by atoms with van der Waals surface area (Å²) in [7, 11) is 0. The second-order valence-corrected chi connectivity index (χ2v) is 8.32. The van der Waals surface area contributed by atoms with Gasteiger partial charge in [0.1, 0.15) is 5.75 Å². The molecule has 1 aromatic carbocycles. The fourth-order valence-electron chi connectivity index (χ4n) is 3.53. The molecule has 6 nitrogen and oxygen atoms in total. The van der Waals surface area contributed by atoms with Gasteiger partial charge in [-0.3, -0.25) is 9.69 Å². The molecule has 7 heteroatoms. The Hall–Kier alpha value is -1.96. The number of benzene rings is 1. The van der Waals surface area contributed by atoms with Gasteiger partial charge in [0.2, 0.25) is 5.91 Å². The topological polar surface area (TPSA) is 63.7 Å². The summed E-state index contributed by atoms with van der Waals surface area (Å²) >= 11 is 1.46. The van der Waals surface area contributed by atoms with E-state index < -0.39 is 0 Å². The Labute approximate surface area is 170 Å². The first-order valence-electron chi connectivity index (χ1n) is 9.72. The third-order valence-electron chi connectivity index (χ3n) is 4.66. The van der Waals surface area contributed by atoms with E-state index in [9.17, 15) is 4.79 Å². The molecule has 1 aliphatic heterocycles. The number of ether oxygens (including phenoxy) is 2. The Kier molecular flexibility index (Phi) is 7.04. The van der Waals surface area contributed by atoms with Crippen LogP contribution in [0.25, 0.3) is 0 Å². The van der Waals surface area contributed by atoms with Crippen molar-refractivity contribution >= 4 is 22.4 Å². The van der Waals surface area contributed by atoms with E-state index >= 15 is 0 Å². The number of nitrogens with zero attached hydrogens (tertiary/aromatic N) is 2. The van der Waals surface area contributed by atoms with Crippen LogP contribution in [-0.4, -0.2) is 47.7 Å². The van der Waals surface area contributed by atoms with Crippen LogP contribution in [0.3, 0.4) is 0 Å². The minimum Gasteiger partial charge on any atom is -0.493 e. The monoisotopic (exact) mass is 403 g/mol. The molecule has 2 aromatic rings. The second-order valence-electron chi connectivity index (χ2n) is 7.46. The maximum Gasteiger partial charge on any atom is 0.229 e. The van der Waals surface area contributed by atoms with Gasteiger partial charge in [0.15, 0.2) is 5.13 Å². The number of carbonyl (C=O) groups is 1. The van der Waals surface area contributed by atoms with Gasteiger partial charge in [-0.1, -0.05) is 18.2 Å². The standard InChI is InChI=1S/C21H29N3O3S/c1-14-6-5-7-15(2)20(14)26-9-8-19(25)23-21-22-18(13-28-21)12-24-10-16(3)27-17(4)11-24/h5-7,13,16-17H,8-12H2,1-4H3,(H,22,23,25). The lowest BCUT2D eigenvalue weighted by molar-refractivity contribution is -0.116. The molecule has 2 unspecified atom stereocenters. The lowest BCUT2D eigenvalue weighted by Gasteiger charge is -2.34. The number of amides is 1. The second kappa shape index (κ2) is 9.49. The highest BCUT2D eigenvalue weighted by Gasteiger charge is 2.22. The number of para-hydroxylation sites is 1. The third-order valence-corrected chi connectivity index (χ3v) is 5.47. The summed E-state index contributed by atoms with van der Waals surface area (Å²) in [6.45, 7) is 11.1. The maximum atomic E-state index is 12.2. The first-order chi connectivity index (χ1) is 13.4. The first kappa shape index (κ1) is 20.8. The molecule has 0 radical (unpaired) electrons. The van der Waals surface area contributed by atoms with Crippen LogP contribution in [0.4, 0.5) is 5.13 Å². The van der Waals surface area contributed by atoms with Crippen LogP contribution < -0.4 is 10.1 Å². The maximum absolute atomic E-state index is 12.2. The number of nitrogens with one attached hydrogen (secondary N) is 1. The molecule has 0 bridgehead atoms. The van der Waals surface area contributed by atoms with Crippen molar-refractivity contribution in [2.75, 3.05) is 25.0 Å². The Morgan fingerprint density at radius 1 is 1.29 bits per heavy atom. The van der Waals surface area contributed by atoms with Gasteiger partial charge < -0.3 is 14.8 Å². The van der Waals surface area contributed by atoms with Crippen molar-refractivity contribution in [3.05, 3.63) is 40.4 Å². The SMILES string of the molecule is Cc1cccc(C)c1OCCC(=O)Nc1nc(CN2CC(C)OC(C)C2)cs1. The average molecular weight is 404 g/mol. The van der Waals surface area contributed by atoms with Gasteiger partial charge in [0, 0.05) is 25.0 Å². The van der Waals surface area contributed by atoms with Crippen LogP contribution in [0.15, 0.2) is 23.6 Å². The van der Waals surface area contributed by atoms with Crippen molar-refractivity contribution in [2.24, 2.45) is 0 Å². The molecule has 0 aliphatic carbocycles. The zero-order chi connectivity index (χ0) is 20.1. The first-order valence-corrected chi connectivity index (χ1v) is 10.6. The molecule has 1 aromatic heterocycles. The summed E-state index contributed by atoms with van der Waals surface area (Å²) < 4.78 is 11.6. The largest absolute Gasteiger partial charge is 0.493 e. The highest BCUT2D eigenvalue weighted by atomic mass is 32.1. The number of aromatic nitrogens is 1. The van der Waals surface area contributed by atoms with Crippen LogP contribution in [0.2, 0.25) is 0 Å². The van der Waals surface area contributed by atoms with E-state index in [0.29, 0.717) is 18.2 Å². The molecule has 1 amide bonds.